The summed E-state index contributed by atoms with van der Waals surface area (Å²) < 4.78 is 0. The number of rotatable bonds is 3. The number of amides is 1. The molecular formula is C18H17NOS. The molecule has 2 nitrogen and oxygen atoms in total. The van der Waals surface area contributed by atoms with E-state index in [1.54, 1.807) is 11.8 Å². The van der Waals surface area contributed by atoms with Gasteiger partial charge in [0, 0.05) is 22.7 Å². The zero-order chi connectivity index (χ0) is 14.7. The van der Waals surface area contributed by atoms with Gasteiger partial charge in [0.25, 0.3) is 5.91 Å². The number of hydrogen-bond acceptors (Lipinski definition) is 2. The Bertz CT molecular complexity index is 661. The SMILES string of the molecule is Cc1ccc(N2CC/C(=C\Sc3ccccc3)C2=O)cc1. The van der Waals surface area contributed by atoms with Gasteiger partial charge in [0.1, 0.15) is 0 Å². The second kappa shape index (κ2) is 6.19. The van der Waals surface area contributed by atoms with E-state index >= 15 is 0 Å². The number of aryl methyl sites for hydroxylation is 1. The van der Waals surface area contributed by atoms with Crippen molar-refractivity contribution in [1.82, 2.24) is 0 Å². The largest absolute Gasteiger partial charge is 0.308 e. The van der Waals surface area contributed by atoms with Gasteiger partial charge in [-0.05, 0) is 43.0 Å². The Hall–Kier alpha value is -2.00. The molecule has 0 bridgehead atoms. The van der Waals surface area contributed by atoms with Crippen molar-refractivity contribution in [2.24, 2.45) is 0 Å². The number of nitrogens with zero attached hydrogens (tertiary/aromatic N) is 1. The normalized spacial score (nSPS) is 16.7. The van der Waals surface area contributed by atoms with Crippen LogP contribution in [0.1, 0.15) is 12.0 Å². The molecule has 0 aromatic heterocycles. The number of carbonyl (C=O) groups is 1. The Labute approximate surface area is 129 Å². The molecule has 1 amide bonds. The summed E-state index contributed by atoms with van der Waals surface area (Å²) in [5.41, 5.74) is 3.09. The average Bonchev–Trinajstić information content (AvgIpc) is 2.88. The third-order valence-electron chi connectivity index (χ3n) is 3.55. The maximum Gasteiger partial charge on any atom is 0.254 e. The summed E-state index contributed by atoms with van der Waals surface area (Å²) in [5.74, 6) is 0.127. The molecule has 0 N–H and O–H groups in total. The Balaban J connectivity index is 1.73. The topological polar surface area (TPSA) is 20.3 Å². The van der Waals surface area contributed by atoms with Crippen LogP contribution in [0.2, 0.25) is 0 Å². The number of carbonyl (C=O) groups excluding carboxylic acids is 1. The fourth-order valence-corrected chi connectivity index (χ4v) is 3.14. The monoisotopic (exact) mass is 295 g/mol. The highest BCUT2D eigenvalue weighted by atomic mass is 32.2. The first-order valence-corrected chi connectivity index (χ1v) is 7.91. The minimum Gasteiger partial charge on any atom is -0.308 e. The van der Waals surface area contributed by atoms with E-state index in [1.807, 2.05) is 52.8 Å². The van der Waals surface area contributed by atoms with Crippen molar-refractivity contribution in [2.45, 2.75) is 18.2 Å². The molecule has 0 radical (unpaired) electrons. The molecule has 1 heterocycles. The Morgan fingerprint density at radius 3 is 2.48 bits per heavy atom. The molecule has 2 aromatic carbocycles. The van der Waals surface area contributed by atoms with E-state index < -0.39 is 0 Å². The number of hydrogen-bond donors (Lipinski definition) is 0. The molecule has 3 heteroatoms. The lowest BCUT2D eigenvalue weighted by molar-refractivity contribution is -0.114. The minimum absolute atomic E-state index is 0.127. The maximum absolute atomic E-state index is 12.5. The first-order chi connectivity index (χ1) is 10.2. The molecule has 3 rings (SSSR count). The zero-order valence-electron chi connectivity index (χ0n) is 12.0. The van der Waals surface area contributed by atoms with E-state index in [2.05, 4.69) is 19.1 Å². The lowest BCUT2D eigenvalue weighted by atomic mass is 10.2. The van der Waals surface area contributed by atoms with E-state index in [1.165, 1.54) is 5.56 Å². The second-order valence-electron chi connectivity index (χ2n) is 5.12. The zero-order valence-corrected chi connectivity index (χ0v) is 12.8. The van der Waals surface area contributed by atoms with Crippen molar-refractivity contribution in [3.63, 3.8) is 0 Å². The van der Waals surface area contributed by atoms with Gasteiger partial charge in [-0.3, -0.25) is 4.79 Å². The van der Waals surface area contributed by atoms with Crippen LogP contribution in [0.25, 0.3) is 0 Å². The van der Waals surface area contributed by atoms with E-state index in [0.29, 0.717) is 0 Å². The third kappa shape index (κ3) is 3.19. The van der Waals surface area contributed by atoms with Crippen molar-refractivity contribution < 1.29 is 4.79 Å². The van der Waals surface area contributed by atoms with E-state index in [9.17, 15) is 4.79 Å². The summed E-state index contributed by atoms with van der Waals surface area (Å²) in [6.07, 6.45) is 0.812. The average molecular weight is 295 g/mol. The third-order valence-corrected chi connectivity index (χ3v) is 4.50. The smallest absolute Gasteiger partial charge is 0.254 e. The Kier molecular flexibility index (Phi) is 4.11. The van der Waals surface area contributed by atoms with Crippen molar-refractivity contribution in [3.05, 3.63) is 71.1 Å². The van der Waals surface area contributed by atoms with Crippen LogP contribution >= 0.6 is 11.8 Å². The summed E-state index contributed by atoms with van der Waals surface area (Å²) in [4.78, 5) is 15.5. The van der Waals surface area contributed by atoms with Crippen LogP contribution in [-0.4, -0.2) is 12.5 Å². The Morgan fingerprint density at radius 2 is 1.76 bits per heavy atom. The van der Waals surface area contributed by atoms with Gasteiger partial charge in [0.05, 0.1) is 0 Å². The molecule has 0 unspecified atom stereocenters. The lowest BCUT2D eigenvalue weighted by Crippen LogP contribution is -2.24. The molecular weight excluding hydrogens is 278 g/mol. The first kappa shape index (κ1) is 14.0. The molecule has 1 fully saturated rings. The fourth-order valence-electron chi connectivity index (χ4n) is 2.33. The molecule has 0 spiro atoms. The first-order valence-electron chi connectivity index (χ1n) is 7.03. The van der Waals surface area contributed by atoms with Crippen LogP contribution in [0, 0.1) is 6.92 Å². The van der Waals surface area contributed by atoms with E-state index in [0.717, 1.165) is 29.1 Å². The minimum atomic E-state index is 0.127. The van der Waals surface area contributed by atoms with Gasteiger partial charge in [-0.15, -0.1) is 0 Å². The summed E-state index contributed by atoms with van der Waals surface area (Å²) in [5, 5.41) is 1.99. The van der Waals surface area contributed by atoms with Crippen molar-refractivity contribution >= 4 is 23.4 Å². The molecule has 21 heavy (non-hydrogen) atoms. The van der Waals surface area contributed by atoms with Crippen LogP contribution < -0.4 is 4.90 Å². The van der Waals surface area contributed by atoms with Gasteiger partial charge < -0.3 is 4.90 Å². The highest BCUT2D eigenvalue weighted by molar-refractivity contribution is 8.02. The lowest BCUT2D eigenvalue weighted by Gasteiger charge is -2.15. The Morgan fingerprint density at radius 1 is 1.05 bits per heavy atom. The number of anilines is 1. The fraction of sp³-hybridized carbons (Fsp3) is 0.167. The number of benzene rings is 2. The van der Waals surface area contributed by atoms with E-state index in [-0.39, 0.29) is 5.91 Å². The standard InChI is InChI=1S/C18H17NOS/c1-14-7-9-16(10-8-14)19-12-11-15(18(19)20)13-21-17-5-3-2-4-6-17/h2-10,13H,11-12H2,1H3/b15-13+. The van der Waals surface area contributed by atoms with E-state index in [4.69, 9.17) is 0 Å². The van der Waals surface area contributed by atoms with Crippen LogP contribution in [0.15, 0.2) is 70.5 Å². The molecule has 106 valence electrons. The molecule has 1 saturated heterocycles. The van der Waals surface area contributed by atoms with Crippen molar-refractivity contribution in [3.8, 4) is 0 Å². The molecule has 0 aliphatic carbocycles. The van der Waals surface area contributed by atoms with Gasteiger partial charge in [-0.2, -0.15) is 0 Å². The summed E-state index contributed by atoms with van der Waals surface area (Å²) in [6, 6.07) is 18.2. The molecule has 2 aromatic rings. The van der Waals surface area contributed by atoms with Crippen LogP contribution in [0.4, 0.5) is 5.69 Å². The van der Waals surface area contributed by atoms with Gasteiger partial charge in [-0.1, -0.05) is 47.7 Å². The van der Waals surface area contributed by atoms with Gasteiger partial charge in [-0.25, -0.2) is 0 Å². The molecule has 1 aliphatic rings. The van der Waals surface area contributed by atoms with Gasteiger partial charge >= 0.3 is 0 Å². The van der Waals surface area contributed by atoms with Gasteiger partial charge in [0.2, 0.25) is 0 Å². The van der Waals surface area contributed by atoms with Crippen LogP contribution in [0.3, 0.4) is 0 Å². The van der Waals surface area contributed by atoms with Crippen molar-refractivity contribution in [2.75, 3.05) is 11.4 Å². The summed E-state index contributed by atoms with van der Waals surface area (Å²) >= 11 is 1.61. The number of thioether (sulfide) groups is 1. The molecule has 0 saturated carbocycles. The predicted octanol–water partition coefficient (Wildman–Crippen LogP) is 4.41. The second-order valence-corrected chi connectivity index (χ2v) is 6.06. The van der Waals surface area contributed by atoms with Gasteiger partial charge in [0.15, 0.2) is 0 Å². The predicted molar refractivity (Wildman–Crippen MR) is 88.5 cm³/mol. The van der Waals surface area contributed by atoms with Crippen LogP contribution in [0.5, 0.6) is 0 Å². The summed E-state index contributed by atoms with van der Waals surface area (Å²) in [7, 11) is 0. The van der Waals surface area contributed by atoms with Crippen LogP contribution in [-0.2, 0) is 4.79 Å². The molecule has 1 aliphatic heterocycles. The molecule has 0 atom stereocenters. The highest BCUT2D eigenvalue weighted by Gasteiger charge is 2.26. The highest BCUT2D eigenvalue weighted by Crippen LogP contribution is 2.28. The quantitative estimate of drug-likeness (QED) is 0.617. The maximum atomic E-state index is 12.5. The summed E-state index contributed by atoms with van der Waals surface area (Å²) in [6.45, 7) is 2.82. The van der Waals surface area contributed by atoms with Crippen molar-refractivity contribution in [1.29, 1.82) is 0 Å².